The molecule has 0 saturated heterocycles. The van der Waals surface area contributed by atoms with Crippen LogP contribution in [0.4, 0.5) is 5.69 Å². The van der Waals surface area contributed by atoms with Crippen molar-refractivity contribution in [1.82, 2.24) is 14.3 Å². The van der Waals surface area contributed by atoms with Crippen LogP contribution in [0.25, 0.3) is 5.69 Å². The van der Waals surface area contributed by atoms with E-state index < -0.39 is 31.6 Å². The number of nitrogens with zero attached hydrogens (tertiary/aromatic N) is 3. The monoisotopic (exact) mass is 402 g/mol. The number of benzene rings is 2. The third-order valence-electron chi connectivity index (χ3n) is 4.18. The Bertz CT molecular complexity index is 1080. The maximum Gasteiger partial charge on any atom is 0.293 e. The molecule has 0 bridgehead atoms. The summed E-state index contributed by atoms with van der Waals surface area (Å²) in [6, 6.07) is 10.2. The van der Waals surface area contributed by atoms with Crippen LogP contribution < -0.4 is 9.46 Å². The summed E-state index contributed by atoms with van der Waals surface area (Å²) in [7, 11) is -2.78. The molecule has 1 N–H and O–H groups in total. The number of hydrogen-bond acceptors (Lipinski definition) is 6. The molecular formula is C18H18N4O5S. The minimum atomic E-state index is -4.12. The zero-order valence-corrected chi connectivity index (χ0v) is 16.0. The van der Waals surface area contributed by atoms with Crippen molar-refractivity contribution in [1.29, 1.82) is 0 Å². The Morgan fingerprint density at radius 3 is 2.50 bits per heavy atom. The van der Waals surface area contributed by atoms with Gasteiger partial charge in [0.2, 0.25) is 10.0 Å². The number of imidazole rings is 1. The topological polar surface area (TPSA) is 116 Å². The minimum absolute atomic E-state index is 0.203. The van der Waals surface area contributed by atoms with Crippen LogP contribution in [0.15, 0.2) is 66.1 Å². The standard InChI is InChI=1S/C18H18N4O5S/c1-13(14-3-5-15(6-4-14)21-10-9-19-12-21)20-28(25,26)18-8-7-16(27-2)11-17(18)22(23)24/h3-13,20H,1-2H3. The van der Waals surface area contributed by atoms with E-state index in [2.05, 4.69) is 9.71 Å². The van der Waals surface area contributed by atoms with Gasteiger partial charge in [-0.25, -0.2) is 18.1 Å². The third kappa shape index (κ3) is 4.02. The molecule has 1 heterocycles. The smallest absolute Gasteiger partial charge is 0.293 e. The molecule has 1 aromatic heterocycles. The second-order valence-corrected chi connectivity index (χ2v) is 7.68. The predicted molar refractivity (Wildman–Crippen MR) is 102 cm³/mol. The third-order valence-corrected chi connectivity index (χ3v) is 5.77. The Morgan fingerprint density at radius 1 is 1.21 bits per heavy atom. The Balaban J connectivity index is 1.85. The van der Waals surface area contributed by atoms with Crippen LogP contribution in [0.1, 0.15) is 18.5 Å². The first-order valence-electron chi connectivity index (χ1n) is 8.25. The summed E-state index contributed by atoms with van der Waals surface area (Å²) in [6.45, 7) is 1.67. The number of methoxy groups -OCH3 is 1. The largest absolute Gasteiger partial charge is 0.497 e. The number of nitrogens with one attached hydrogen (secondary N) is 1. The van der Waals surface area contributed by atoms with E-state index in [0.717, 1.165) is 17.8 Å². The van der Waals surface area contributed by atoms with E-state index in [0.29, 0.717) is 5.56 Å². The first-order chi connectivity index (χ1) is 13.3. The van der Waals surface area contributed by atoms with Crippen molar-refractivity contribution < 1.29 is 18.1 Å². The van der Waals surface area contributed by atoms with Gasteiger partial charge in [-0.15, -0.1) is 0 Å². The van der Waals surface area contributed by atoms with E-state index in [-0.39, 0.29) is 5.75 Å². The second kappa shape index (κ2) is 7.79. The summed E-state index contributed by atoms with van der Waals surface area (Å²) >= 11 is 0. The van der Waals surface area contributed by atoms with Gasteiger partial charge in [0.15, 0.2) is 4.90 Å². The lowest BCUT2D eigenvalue weighted by Gasteiger charge is -2.15. The molecule has 28 heavy (non-hydrogen) atoms. The molecule has 10 heteroatoms. The molecular weight excluding hydrogens is 384 g/mol. The molecule has 2 aromatic carbocycles. The highest BCUT2D eigenvalue weighted by Gasteiger charge is 2.28. The van der Waals surface area contributed by atoms with Crippen molar-refractivity contribution in [2.75, 3.05) is 7.11 Å². The fourth-order valence-corrected chi connectivity index (χ4v) is 4.09. The van der Waals surface area contributed by atoms with Crippen LogP contribution in [-0.2, 0) is 10.0 Å². The van der Waals surface area contributed by atoms with Crippen molar-refractivity contribution in [3.05, 3.63) is 76.9 Å². The summed E-state index contributed by atoms with van der Waals surface area (Å²) in [5.41, 5.74) is 1.04. The highest BCUT2D eigenvalue weighted by Crippen LogP contribution is 2.29. The number of aromatic nitrogens is 2. The normalized spacial score (nSPS) is 12.5. The van der Waals surface area contributed by atoms with Gasteiger partial charge < -0.3 is 9.30 Å². The summed E-state index contributed by atoms with van der Waals surface area (Å²) in [6.07, 6.45) is 5.11. The Morgan fingerprint density at radius 2 is 1.93 bits per heavy atom. The van der Waals surface area contributed by atoms with Crippen molar-refractivity contribution in [3.63, 3.8) is 0 Å². The van der Waals surface area contributed by atoms with E-state index in [9.17, 15) is 18.5 Å². The number of hydrogen-bond donors (Lipinski definition) is 1. The number of rotatable bonds is 7. The van der Waals surface area contributed by atoms with E-state index in [1.54, 1.807) is 37.8 Å². The molecule has 0 aliphatic rings. The van der Waals surface area contributed by atoms with Crippen LogP contribution in [-0.4, -0.2) is 30.0 Å². The first kappa shape index (κ1) is 19.5. The van der Waals surface area contributed by atoms with Crippen LogP contribution in [0.3, 0.4) is 0 Å². The quantitative estimate of drug-likeness (QED) is 0.480. The van der Waals surface area contributed by atoms with E-state index >= 15 is 0 Å². The molecule has 3 rings (SSSR count). The first-order valence-corrected chi connectivity index (χ1v) is 9.73. The molecule has 0 spiro atoms. The average molecular weight is 402 g/mol. The Labute approximate surface area is 161 Å². The van der Waals surface area contributed by atoms with Gasteiger partial charge in [-0.3, -0.25) is 10.1 Å². The summed E-state index contributed by atoms with van der Waals surface area (Å²) in [4.78, 5) is 14.1. The summed E-state index contributed by atoms with van der Waals surface area (Å²) in [5.74, 6) is 0.203. The lowest BCUT2D eigenvalue weighted by molar-refractivity contribution is -0.387. The van der Waals surface area contributed by atoms with Crippen molar-refractivity contribution >= 4 is 15.7 Å². The van der Waals surface area contributed by atoms with Crippen molar-refractivity contribution in [2.45, 2.75) is 17.9 Å². The molecule has 0 fully saturated rings. The summed E-state index contributed by atoms with van der Waals surface area (Å²) in [5, 5.41) is 11.3. The lowest BCUT2D eigenvalue weighted by Crippen LogP contribution is -2.27. The Kier molecular flexibility index (Phi) is 5.43. The van der Waals surface area contributed by atoms with Gasteiger partial charge in [0.1, 0.15) is 5.75 Å². The van der Waals surface area contributed by atoms with Crippen LogP contribution in [0.2, 0.25) is 0 Å². The molecule has 0 saturated carbocycles. The molecule has 9 nitrogen and oxygen atoms in total. The molecule has 0 aliphatic heterocycles. The molecule has 3 aromatic rings. The molecule has 0 radical (unpaired) electrons. The SMILES string of the molecule is COc1ccc(S(=O)(=O)NC(C)c2ccc(-n3ccnc3)cc2)c([N+](=O)[O-])c1. The highest BCUT2D eigenvalue weighted by molar-refractivity contribution is 7.89. The van der Waals surface area contributed by atoms with Crippen molar-refractivity contribution in [3.8, 4) is 11.4 Å². The number of ether oxygens (including phenoxy) is 1. The fourth-order valence-electron chi connectivity index (χ4n) is 2.71. The van der Waals surface area contributed by atoms with Gasteiger partial charge in [-0.2, -0.15) is 0 Å². The molecule has 0 amide bonds. The fraction of sp³-hybridized carbons (Fsp3) is 0.167. The summed E-state index contributed by atoms with van der Waals surface area (Å²) < 4.78 is 34.7. The van der Waals surface area contributed by atoms with Crippen LogP contribution in [0.5, 0.6) is 5.75 Å². The van der Waals surface area contributed by atoms with Gasteiger partial charge in [-0.05, 0) is 36.8 Å². The van der Waals surface area contributed by atoms with E-state index in [1.807, 2.05) is 16.7 Å². The average Bonchev–Trinajstić information content (AvgIpc) is 3.22. The van der Waals surface area contributed by atoms with E-state index in [4.69, 9.17) is 4.74 Å². The van der Waals surface area contributed by atoms with Gasteiger partial charge in [-0.1, -0.05) is 12.1 Å². The van der Waals surface area contributed by atoms with Gasteiger partial charge in [0.05, 0.1) is 24.4 Å². The minimum Gasteiger partial charge on any atom is -0.497 e. The molecule has 1 atom stereocenters. The molecule has 1 unspecified atom stereocenters. The molecule has 0 aliphatic carbocycles. The lowest BCUT2D eigenvalue weighted by atomic mass is 10.1. The van der Waals surface area contributed by atoms with Gasteiger partial charge in [0.25, 0.3) is 5.69 Å². The van der Waals surface area contributed by atoms with Gasteiger partial charge >= 0.3 is 0 Å². The van der Waals surface area contributed by atoms with Crippen LogP contribution in [0, 0.1) is 10.1 Å². The maximum absolute atomic E-state index is 12.7. The number of sulfonamides is 1. The van der Waals surface area contributed by atoms with Crippen LogP contribution >= 0.6 is 0 Å². The van der Waals surface area contributed by atoms with E-state index in [1.165, 1.54) is 13.2 Å². The zero-order chi connectivity index (χ0) is 20.3. The number of nitro groups is 1. The highest BCUT2D eigenvalue weighted by atomic mass is 32.2. The molecule has 146 valence electrons. The predicted octanol–water partition coefficient (Wildman–Crippen LogP) is 2.83. The maximum atomic E-state index is 12.7. The second-order valence-electron chi connectivity index (χ2n) is 6.00. The van der Waals surface area contributed by atoms with Crippen molar-refractivity contribution in [2.24, 2.45) is 0 Å². The zero-order valence-electron chi connectivity index (χ0n) is 15.1. The Hall–Kier alpha value is -3.24. The number of nitro benzene ring substituents is 1. The van der Waals surface area contributed by atoms with Gasteiger partial charge in [0, 0.05) is 24.1 Å².